The minimum Gasteiger partial charge on any atom is -0.504 e. The number of aromatic hydroxyl groups is 1. The first-order valence-corrected chi connectivity index (χ1v) is 10.2. The molecule has 0 fully saturated rings. The number of H-pyrrole nitrogens is 1. The summed E-state index contributed by atoms with van der Waals surface area (Å²) in [6.07, 6.45) is 0. The molecule has 32 heavy (non-hydrogen) atoms. The number of methoxy groups -OCH3 is 1. The molecule has 0 radical (unpaired) electrons. The molecule has 160 valence electrons. The number of aromatic nitrogens is 2. The minimum atomic E-state index is 0.0694. The van der Waals surface area contributed by atoms with E-state index in [0.29, 0.717) is 28.4 Å². The average molecular weight is 426 g/mol. The van der Waals surface area contributed by atoms with Crippen molar-refractivity contribution in [3.05, 3.63) is 77.1 Å². The summed E-state index contributed by atoms with van der Waals surface area (Å²) >= 11 is 0. The molecule has 7 nitrogen and oxygen atoms in total. The Labute approximate surface area is 184 Å². The van der Waals surface area contributed by atoms with E-state index in [1.54, 1.807) is 18.2 Å². The van der Waals surface area contributed by atoms with Crippen LogP contribution in [-0.2, 0) is 0 Å². The van der Waals surface area contributed by atoms with Gasteiger partial charge in [-0.2, -0.15) is 5.10 Å². The van der Waals surface area contributed by atoms with Crippen molar-refractivity contribution in [2.75, 3.05) is 12.5 Å². The van der Waals surface area contributed by atoms with Gasteiger partial charge < -0.3 is 19.2 Å². The molecule has 0 saturated heterocycles. The molecule has 0 aliphatic carbocycles. The Morgan fingerprint density at radius 2 is 1.84 bits per heavy atom. The van der Waals surface area contributed by atoms with E-state index in [4.69, 9.17) is 9.15 Å². The van der Waals surface area contributed by atoms with Crippen LogP contribution < -0.4 is 15.5 Å². The Kier molecular flexibility index (Phi) is 4.78. The number of ether oxygens (including phenoxy) is 1. The number of imidazole rings is 1. The van der Waals surface area contributed by atoms with E-state index in [-0.39, 0.29) is 5.75 Å². The van der Waals surface area contributed by atoms with Crippen molar-refractivity contribution in [1.82, 2.24) is 9.97 Å². The second kappa shape index (κ2) is 7.77. The predicted octanol–water partition coefficient (Wildman–Crippen LogP) is 5.23. The van der Waals surface area contributed by atoms with Crippen molar-refractivity contribution in [3.63, 3.8) is 0 Å². The number of hydrogen-bond donors (Lipinski definition) is 3. The maximum atomic E-state index is 9.95. The number of anilines is 1. The number of fused-ring (bicyclic) bond motifs is 2. The van der Waals surface area contributed by atoms with Gasteiger partial charge in [-0.15, -0.1) is 0 Å². The monoisotopic (exact) mass is 426 g/mol. The van der Waals surface area contributed by atoms with Crippen molar-refractivity contribution >= 4 is 28.0 Å². The van der Waals surface area contributed by atoms with E-state index in [1.807, 2.05) is 43.3 Å². The van der Waals surface area contributed by atoms with Crippen LogP contribution in [0.1, 0.15) is 11.1 Å². The van der Waals surface area contributed by atoms with Gasteiger partial charge in [0.25, 0.3) is 0 Å². The van der Waals surface area contributed by atoms with Gasteiger partial charge in [0.2, 0.25) is 5.95 Å². The Balaban J connectivity index is 1.67. The van der Waals surface area contributed by atoms with Crippen LogP contribution in [0.15, 0.2) is 70.2 Å². The predicted molar refractivity (Wildman–Crippen MR) is 125 cm³/mol. The lowest BCUT2D eigenvalue weighted by Gasteiger charge is -2.09. The number of aryl methyl sites for hydroxylation is 2. The molecule has 0 unspecified atom stereocenters. The maximum absolute atomic E-state index is 9.95. The molecule has 0 spiro atoms. The molecule has 5 aromatic rings. The fourth-order valence-corrected chi connectivity index (χ4v) is 3.61. The molecule has 2 heterocycles. The minimum absolute atomic E-state index is 0.0694. The fraction of sp³-hybridized carbons (Fsp3) is 0.120. The molecule has 3 aromatic carbocycles. The molecule has 0 amide bonds. The molecule has 0 aliphatic rings. The van der Waals surface area contributed by atoms with E-state index < -0.39 is 0 Å². The number of phenols is 1. The van der Waals surface area contributed by atoms with Gasteiger partial charge in [-0.3, -0.25) is 0 Å². The first kappa shape index (κ1) is 19.7. The van der Waals surface area contributed by atoms with E-state index in [9.17, 15) is 5.11 Å². The van der Waals surface area contributed by atoms with Crippen molar-refractivity contribution in [2.45, 2.75) is 13.8 Å². The van der Waals surface area contributed by atoms with E-state index in [2.05, 4.69) is 33.5 Å². The van der Waals surface area contributed by atoms with Gasteiger partial charge in [-0.05, 0) is 67.4 Å². The molecular weight excluding hydrogens is 404 g/mol. The van der Waals surface area contributed by atoms with Crippen molar-refractivity contribution in [3.8, 4) is 22.8 Å². The van der Waals surface area contributed by atoms with E-state index >= 15 is 0 Å². The van der Waals surface area contributed by atoms with Crippen LogP contribution in [0, 0.1) is 13.8 Å². The molecule has 0 saturated carbocycles. The van der Waals surface area contributed by atoms with E-state index in [0.717, 1.165) is 33.1 Å². The van der Waals surface area contributed by atoms with Crippen LogP contribution in [0.5, 0.6) is 11.5 Å². The number of hydrogen-bond acceptors (Lipinski definition) is 6. The summed E-state index contributed by atoms with van der Waals surface area (Å²) < 4.78 is 11.5. The number of nitrogens with one attached hydrogen (secondary N) is 2. The lowest BCUT2D eigenvalue weighted by atomic mass is 10.1. The van der Waals surface area contributed by atoms with Gasteiger partial charge in [0.1, 0.15) is 11.3 Å². The van der Waals surface area contributed by atoms with Crippen molar-refractivity contribution in [1.29, 1.82) is 0 Å². The molecule has 0 aliphatic heterocycles. The molecule has 7 heteroatoms. The van der Waals surface area contributed by atoms with Crippen LogP contribution in [0.3, 0.4) is 0 Å². The first-order valence-electron chi connectivity index (χ1n) is 10.2. The van der Waals surface area contributed by atoms with Gasteiger partial charge in [0.05, 0.1) is 23.5 Å². The summed E-state index contributed by atoms with van der Waals surface area (Å²) in [5.41, 5.74) is 8.58. The van der Waals surface area contributed by atoms with Gasteiger partial charge in [0, 0.05) is 17.0 Å². The first-order chi connectivity index (χ1) is 15.5. The summed E-state index contributed by atoms with van der Waals surface area (Å²) in [5.74, 6) is 1.60. The zero-order valence-corrected chi connectivity index (χ0v) is 17.9. The standard InChI is InChI=1S/C25H22N4O3/c1-14-10-17-20(28-29-25-26-18-6-4-5-7-19(18)27-25)13-22(32-23(17)11-15(14)2)16-8-9-21(30)24(12-16)31-3/h4-13,30H,1-3H3,(H2,26,27,29)/b28-20+. The molecular formula is C25H22N4O3. The Morgan fingerprint density at radius 3 is 2.66 bits per heavy atom. The summed E-state index contributed by atoms with van der Waals surface area (Å²) in [4.78, 5) is 7.74. The molecule has 5 rings (SSSR count). The number of benzene rings is 3. The Bertz CT molecular complexity index is 1500. The van der Waals surface area contributed by atoms with Crippen LogP contribution >= 0.6 is 0 Å². The number of rotatable bonds is 4. The van der Waals surface area contributed by atoms with Crippen LogP contribution in [0.2, 0.25) is 0 Å². The highest BCUT2D eigenvalue weighted by Crippen LogP contribution is 2.32. The summed E-state index contributed by atoms with van der Waals surface area (Å²) in [5, 5.41) is 16.2. The second-order valence-electron chi connectivity index (χ2n) is 7.64. The lowest BCUT2D eigenvalue weighted by Crippen LogP contribution is -2.08. The van der Waals surface area contributed by atoms with Crippen molar-refractivity contribution in [2.24, 2.45) is 5.10 Å². The molecule has 0 atom stereocenters. The van der Waals surface area contributed by atoms with Gasteiger partial charge in [-0.25, -0.2) is 10.4 Å². The number of phenolic OH excluding ortho intramolecular Hbond substituents is 1. The van der Waals surface area contributed by atoms with Gasteiger partial charge in [0.15, 0.2) is 11.5 Å². The van der Waals surface area contributed by atoms with Crippen molar-refractivity contribution < 1.29 is 14.3 Å². The number of nitrogens with zero attached hydrogens (tertiary/aromatic N) is 2. The number of aromatic amines is 1. The molecule has 3 N–H and O–H groups in total. The smallest absolute Gasteiger partial charge is 0.222 e. The summed E-state index contributed by atoms with van der Waals surface area (Å²) in [7, 11) is 1.51. The summed E-state index contributed by atoms with van der Waals surface area (Å²) in [6, 6.07) is 18.8. The number of para-hydroxylation sites is 2. The highest BCUT2D eigenvalue weighted by atomic mass is 16.5. The quantitative estimate of drug-likeness (QED) is 0.342. The maximum Gasteiger partial charge on any atom is 0.222 e. The molecule has 0 bridgehead atoms. The van der Waals surface area contributed by atoms with Gasteiger partial charge in [-0.1, -0.05) is 12.1 Å². The van der Waals surface area contributed by atoms with Crippen LogP contribution in [0.25, 0.3) is 33.3 Å². The summed E-state index contributed by atoms with van der Waals surface area (Å²) in [6.45, 7) is 4.11. The normalized spacial score (nSPS) is 11.9. The highest BCUT2D eigenvalue weighted by molar-refractivity contribution is 5.81. The SMILES string of the molecule is COc1cc(-c2c/c(=N\Nc3nc4ccccc4[nH]3)c3cc(C)c(C)cc3o2)ccc1O. The second-order valence-corrected chi connectivity index (χ2v) is 7.64. The largest absolute Gasteiger partial charge is 0.504 e. The van der Waals surface area contributed by atoms with Crippen LogP contribution in [0.4, 0.5) is 5.95 Å². The zero-order valence-electron chi connectivity index (χ0n) is 17.9. The fourth-order valence-electron chi connectivity index (χ4n) is 3.61. The highest BCUT2D eigenvalue weighted by Gasteiger charge is 2.11. The molecule has 2 aromatic heterocycles. The third-order valence-electron chi connectivity index (χ3n) is 5.50. The zero-order chi connectivity index (χ0) is 22.2. The van der Waals surface area contributed by atoms with Crippen LogP contribution in [-0.4, -0.2) is 22.2 Å². The third kappa shape index (κ3) is 3.54. The third-order valence-corrected chi connectivity index (χ3v) is 5.50. The average Bonchev–Trinajstić information content (AvgIpc) is 3.21. The lowest BCUT2D eigenvalue weighted by molar-refractivity contribution is 0.373. The Hall–Kier alpha value is -4.26. The Morgan fingerprint density at radius 1 is 1.03 bits per heavy atom. The van der Waals surface area contributed by atoms with E-state index in [1.165, 1.54) is 7.11 Å². The van der Waals surface area contributed by atoms with Gasteiger partial charge >= 0.3 is 0 Å². The topological polar surface area (TPSA) is 95.7 Å².